The minimum atomic E-state index is 0.271. The van der Waals surface area contributed by atoms with Gasteiger partial charge in [0.15, 0.2) is 0 Å². The van der Waals surface area contributed by atoms with Crippen molar-refractivity contribution < 1.29 is 0 Å². The van der Waals surface area contributed by atoms with Crippen molar-refractivity contribution in [2.24, 2.45) is 5.73 Å². The van der Waals surface area contributed by atoms with E-state index in [1.165, 1.54) is 18.4 Å². The lowest BCUT2D eigenvalue weighted by Crippen LogP contribution is -2.40. The number of nitrogens with two attached hydrogens (primary N) is 1. The van der Waals surface area contributed by atoms with Crippen LogP contribution in [0.4, 0.5) is 0 Å². The third-order valence-electron chi connectivity index (χ3n) is 3.65. The lowest BCUT2D eigenvalue weighted by Gasteiger charge is -2.28. The van der Waals surface area contributed by atoms with Crippen LogP contribution in [-0.2, 0) is 0 Å². The molecule has 4 N–H and O–H groups in total. The molecule has 0 spiro atoms. The van der Waals surface area contributed by atoms with Crippen molar-refractivity contribution in [1.29, 1.82) is 0 Å². The molecule has 3 heteroatoms. The molecule has 0 aromatic rings. The predicted molar refractivity (Wildman–Crippen MR) is 63.2 cm³/mol. The molecular weight excluding hydrogens is 186 g/mol. The van der Waals surface area contributed by atoms with Gasteiger partial charge in [0.2, 0.25) is 0 Å². The van der Waals surface area contributed by atoms with Gasteiger partial charge in [-0.05, 0) is 43.7 Å². The molecule has 15 heavy (non-hydrogen) atoms. The molecule has 0 saturated carbocycles. The highest BCUT2D eigenvalue weighted by molar-refractivity contribution is 5.30. The SMILES string of the molecule is CCC1(C/C(N)=C2\C=CNC2)CCCN1. The van der Waals surface area contributed by atoms with Crippen molar-refractivity contribution in [2.75, 3.05) is 13.1 Å². The largest absolute Gasteiger partial charge is 0.402 e. The Labute approximate surface area is 91.8 Å². The van der Waals surface area contributed by atoms with Gasteiger partial charge in [-0.2, -0.15) is 0 Å². The Hall–Kier alpha value is -0.960. The molecule has 2 heterocycles. The Balaban J connectivity index is 2.06. The van der Waals surface area contributed by atoms with Crippen LogP contribution in [0, 0.1) is 0 Å². The average Bonchev–Trinajstić information content (AvgIpc) is 2.88. The maximum Gasteiger partial charge on any atom is 0.0412 e. The van der Waals surface area contributed by atoms with Crippen molar-refractivity contribution >= 4 is 0 Å². The highest BCUT2D eigenvalue weighted by Crippen LogP contribution is 2.29. The molecule has 0 aromatic heterocycles. The number of nitrogens with one attached hydrogen (secondary N) is 2. The summed E-state index contributed by atoms with van der Waals surface area (Å²) in [5.74, 6) is 0. The van der Waals surface area contributed by atoms with E-state index in [1.807, 2.05) is 6.20 Å². The molecule has 3 nitrogen and oxygen atoms in total. The molecule has 1 fully saturated rings. The minimum absolute atomic E-state index is 0.271. The second-order valence-electron chi connectivity index (χ2n) is 4.61. The van der Waals surface area contributed by atoms with E-state index in [1.54, 1.807) is 0 Å². The van der Waals surface area contributed by atoms with Crippen LogP contribution in [0.5, 0.6) is 0 Å². The fraction of sp³-hybridized carbons (Fsp3) is 0.667. The molecule has 2 aliphatic heterocycles. The summed E-state index contributed by atoms with van der Waals surface area (Å²) in [5, 5.41) is 6.79. The first-order valence-electron chi connectivity index (χ1n) is 5.88. The van der Waals surface area contributed by atoms with E-state index in [0.717, 1.165) is 31.6 Å². The Morgan fingerprint density at radius 3 is 3.00 bits per heavy atom. The van der Waals surface area contributed by atoms with Gasteiger partial charge in [-0.3, -0.25) is 0 Å². The van der Waals surface area contributed by atoms with Gasteiger partial charge in [0, 0.05) is 24.2 Å². The Morgan fingerprint density at radius 1 is 1.60 bits per heavy atom. The van der Waals surface area contributed by atoms with Gasteiger partial charge in [-0.15, -0.1) is 0 Å². The quantitative estimate of drug-likeness (QED) is 0.652. The van der Waals surface area contributed by atoms with Crippen molar-refractivity contribution in [3.63, 3.8) is 0 Å². The molecule has 0 amide bonds. The zero-order valence-electron chi connectivity index (χ0n) is 9.47. The predicted octanol–water partition coefficient (Wildman–Crippen LogP) is 1.24. The highest BCUT2D eigenvalue weighted by Gasteiger charge is 2.32. The van der Waals surface area contributed by atoms with Gasteiger partial charge < -0.3 is 16.4 Å². The van der Waals surface area contributed by atoms with Crippen molar-refractivity contribution in [3.8, 4) is 0 Å². The fourth-order valence-corrected chi connectivity index (χ4v) is 2.53. The van der Waals surface area contributed by atoms with E-state index >= 15 is 0 Å². The topological polar surface area (TPSA) is 50.1 Å². The Morgan fingerprint density at radius 2 is 2.47 bits per heavy atom. The summed E-state index contributed by atoms with van der Waals surface area (Å²) in [5.41, 5.74) is 8.75. The Kier molecular flexibility index (Phi) is 3.00. The summed E-state index contributed by atoms with van der Waals surface area (Å²) in [4.78, 5) is 0. The van der Waals surface area contributed by atoms with Crippen molar-refractivity contribution in [1.82, 2.24) is 10.6 Å². The van der Waals surface area contributed by atoms with Crippen LogP contribution in [0.2, 0.25) is 0 Å². The smallest absolute Gasteiger partial charge is 0.0412 e. The van der Waals surface area contributed by atoms with Crippen molar-refractivity contribution in [2.45, 2.75) is 38.1 Å². The monoisotopic (exact) mass is 207 g/mol. The van der Waals surface area contributed by atoms with E-state index in [9.17, 15) is 0 Å². The molecule has 0 radical (unpaired) electrons. The van der Waals surface area contributed by atoms with E-state index < -0.39 is 0 Å². The maximum absolute atomic E-state index is 6.17. The van der Waals surface area contributed by atoms with E-state index in [-0.39, 0.29) is 5.54 Å². The first-order valence-corrected chi connectivity index (χ1v) is 5.88. The standard InChI is InChI=1S/C12H21N3/c1-2-12(5-3-6-15-12)8-11(13)10-4-7-14-9-10/h4,7,14-15H,2-3,5-6,8-9,13H2,1H3/b11-10-. The third-order valence-corrected chi connectivity index (χ3v) is 3.65. The molecule has 1 saturated heterocycles. The molecule has 0 aliphatic carbocycles. The molecular formula is C12H21N3. The third kappa shape index (κ3) is 2.17. The van der Waals surface area contributed by atoms with Crippen LogP contribution in [-0.4, -0.2) is 18.6 Å². The average molecular weight is 207 g/mol. The molecule has 0 aromatic carbocycles. The van der Waals surface area contributed by atoms with Gasteiger partial charge in [-0.1, -0.05) is 6.92 Å². The lowest BCUT2D eigenvalue weighted by molar-refractivity contribution is 0.357. The minimum Gasteiger partial charge on any atom is -0.402 e. The van der Waals surface area contributed by atoms with Gasteiger partial charge >= 0.3 is 0 Å². The lowest BCUT2D eigenvalue weighted by atomic mass is 9.88. The van der Waals surface area contributed by atoms with Crippen LogP contribution in [0.15, 0.2) is 23.5 Å². The van der Waals surface area contributed by atoms with Gasteiger partial charge in [-0.25, -0.2) is 0 Å². The number of hydrogen-bond donors (Lipinski definition) is 3. The summed E-state index contributed by atoms with van der Waals surface area (Å²) < 4.78 is 0. The maximum atomic E-state index is 6.17. The van der Waals surface area contributed by atoms with Crippen LogP contribution in [0.3, 0.4) is 0 Å². The van der Waals surface area contributed by atoms with Crippen LogP contribution < -0.4 is 16.4 Å². The zero-order valence-corrected chi connectivity index (χ0v) is 9.47. The molecule has 84 valence electrons. The molecule has 2 aliphatic rings. The summed E-state index contributed by atoms with van der Waals surface area (Å²) in [6.45, 7) is 4.29. The number of hydrogen-bond acceptors (Lipinski definition) is 3. The summed E-state index contributed by atoms with van der Waals surface area (Å²) in [7, 11) is 0. The zero-order chi connectivity index (χ0) is 10.7. The molecule has 1 unspecified atom stereocenters. The second kappa shape index (κ2) is 4.27. The van der Waals surface area contributed by atoms with Crippen LogP contribution in [0.1, 0.15) is 32.6 Å². The first kappa shape index (κ1) is 10.6. The van der Waals surface area contributed by atoms with Crippen molar-refractivity contribution in [3.05, 3.63) is 23.5 Å². The summed E-state index contributed by atoms with van der Waals surface area (Å²) >= 11 is 0. The van der Waals surface area contributed by atoms with Gasteiger partial charge in [0.05, 0.1) is 0 Å². The second-order valence-corrected chi connectivity index (χ2v) is 4.61. The van der Waals surface area contributed by atoms with E-state index in [4.69, 9.17) is 5.73 Å². The first-order chi connectivity index (χ1) is 7.26. The van der Waals surface area contributed by atoms with E-state index in [2.05, 4.69) is 23.6 Å². The van der Waals surface area contributed by atoms with Gasteiger partial charge in [0.1, 0.15) is 0 Å². The molecule has 1 atom stereocenters. The number of rotatable bonds is 3. The van der Waals surface area contributed by atoms with Gasteiger partial charge in [0.25, 0.3) is 0 Å². The highest BCUT2D eigenvalue weighted by atomic mass is 15.0. The van der Waals surface area contributed by atoms with Crippen LogP contribution in [0.25, 0.3) is 0 Å². The molecule has 0 bridgehead atoms. The van der Waals surface area contributed by atoms with Crippen LogP contribution >= 0.6 is 0 Å². The molecule has 2 rings (SSSR count). The summed E-state index contributed by atoms with van der Waals surface area (Å²) in [6.07, 6.45) is 8.76. The summed E-state index contributed by atoms with van der Waals surface area (Å²) in [6, 6.07) is 0. The normalized spacial score (nSPS) is 33.1. The Bertz CT molecular complexity index is 285. The van der Waals surface area contributed by atoms with E-state index in [0.29, 0.717) is 0 Å². The fourth-order valence-electron chi connectivity index (χ4n) is 2.53.